The van der Waals surface area contributed by atoms with E-state index in [1.165, 1.54) is 17.8 Å². The number of aromatic amines is 1. The lowest BCUT2D eigenvalue weighted by molar-refractivity contribution is -0.113. The van der Waals surface area contributed by atoms with E-state index in [9.17, 15) is 9.59 Å². The zero-order chi connectivity index (χ0) is 16.1. The van der Waals surface area contributed by atoms with E-state index >= 15 is 0 Å². The van der Waals surface area contributed by atoms with Crippen molar-refractivity contribution in [3.63, 3.8) is 0 Å². The van der Waals surface area contributed by atoms with E-state index in [-0.39, 0.29) is 17.2 Å². The molecule has 0 saturated heterocycles. The molecule has 1 aromatic heterocycles. The molecule has 1 aromatic carbocycles. The van der Waals surface area contributed by atoms with E-state index in [2.05, 4.69) is 15.3 Å². The maximum Gasteiger partial charge on any atom is 0.251 e. The van der Waals surface area contributed by atoms with Gasteiger partial charge < -0.3 is 10.3 Å². The molecule has 1 amide bonds. The Bertz CT molecular complexity index is 746. The first kappa shape index (κ1) is 16.6. The Morgan fingerprint density at radius 1 is 1.41 bits per heavy atom. The summed E-state index contributed by atoms with van der Waals surface area (Å²) in [7, 11) is 0. The number of benzene rings is 1. The van der Waals surface area contributed by atoms with E-state index in [0.29, 0.717) is 22.3 Å². The summed E-state index contributed by atoms with van der Waals surface area (Å²) in [6, 6.07) is 6.73. The van der Waals surface area contributed by atoms with Gasteiger partial charge in [0.15, 0.2) is 5.16 Å². The summed E-state index contributed by atoms with van der Waals surface area (Å²) in [4.78, 5) is 30.3. The molecule has 0 aliphatic rings. The molecule has 2 rings (SSSR count). The topological polar surface area (TPSA) is 74.8 Å². The zero-order valence-electron chi connectivity index (χ0n) is 12.3. The van der Waals surface area contributed by atoms with Crippen LogP contribution in [0.25, 0.3) is 0 Å². The minimum Gasteiger partial charge on any atom is -0.325 e. The van der Waals surface area contributed by atoms with Gasteiger partial charge in [-0.05, 0) is 37.1 Å². The molecule has 0 bridgehead atoms. The average molecular weight is 338 g/mol. The van der Waals surface area contributed by atoms with Crippen LogP contribution in [0.3, 0.4) is 0 Å². The third kappa shape index (κ3) is 4.61. The molecule has 0 unspecified atom stereocenters. The predicted octanol–water partition coefficient (Wildman–Crippen LogP) is 3.02. The van der Waals surface area contributed by atoms with Gasteiger partial charge in [-0.15, -0.1) is 0 Å². The first-order chi connectivity index (χ1) is 10.5. The van der Waals surface area contributed by atoms with Crippen molar-refractivity contribution in [3.05, 3.63) is 50.9 Å². The van der Waals surface area contributed by atoms with Crippen molar-refractivity contribution in [2.24, 2.45) is 0 Å². The molecule has 0 aliphatic heterocycles. The molecule has 1 heterocycles. The highest BCUT2D eigenvalue weighted by Gasteiger charge is 2.08. The second-order valence-electron chi connectivity index (χ2n) is 4.69. The highest BCUT2D eigenvalue weighted by Crippen LogP contribution is 2.20. The number of H-pyrrole nitrogens is 1. The highest BCUT2D eigenvalue weighted by molar-refractivity contribution is 7.99. The Morgan fingerprint density at radius 2 is 2.18 bits per heavy atom. The molecule has 0 atom stereocenters. The first-order valence-electron chi connectivity index (χ1n) is 6.77. The molecule has 5 nitrogen and oxygen atoms in total. The molecule has 116 valence electrons. The van der Waals surface area contributed by atoms with E-state index in [4.69, 9.17) is 11.6 Å². The number of nitrogens with zero attached hydrogens (tertiary/aromatic N) is 1. The number of aryl methyl sites for hydroxylation is 2. The van der Waals surface area contributed by atoms with Crippen molar-refractivity contribution in [1.82, 2.24) is 9.97 Å². The van der Waals surface area contributed by atoms with Crippen molar-refractivity contribution < 1.29 is 4.79 Å². The van der Waals surface area contributed by atoms with Crippen LogP contribution in [-0.4, -0.2) is 21.6 Å². The van der Waals surface area contributed by atoms with E-state index in [1.54, 1.807) is 18.2 Å². The monoisotopic (exact) mass is 337 g/mol. The van der Waals surface area contributed by atoms with Crippen molar-refractivity contribution in [2.45, 2.75) is 25.4 Å². The molecular formula is C15H16ClN3O2S. The molecule has 2 N–H and O–H groups in total. The van der Waals surface area contributed by atoms with Crippen LogP contribution in [0.15, 0.2) is 34.2 Å². The van der Waals surface area contributed by atoms with Crippen molar-refractivity contribution in [2.75, 3.05) is 11.1 Å². The summed E-state index contributed by atoms with van der Waals surface area (Å²) in [6.07, 6.45) is 0.674. The van der Waals surface area contributed by atoms with Gasteiger partial charge in [-0.3, -0.25) is 9.59 Å². The van der Waals surface area contributed by atoms with Crippen LogP contribution in [0, 0.1) is 6.92 Å². The van der Waals surface area contributed by atoms with Crippen LogP contribution in [-0.2, 0) is 11.2 Å². The second kappa shape index (κ2) is 7.47. The van der Waals surface area contributed by atoms with Gasteiger partial charge in [0.1, 0.15) is 0 Å². The number of carbonyl (C=O) groups excluding carboxylic acids is 1. The molecule has 0 saturated carbocycles. The number of rotatable bonds is 5. The zero-order valence-corrected chi connectivity index (χ0v) is 13.8. The van der Waals surface area contributed by atoms with Gasteiger partial charge in [0.25, 0.3) is 5.56 Å². The number of thioether (sulfide) groups is 1. The first-order valence-corrected chi connectivity index (χ1v) is 8.13. The third-order valence-corrected chi connectivity index (χ3v) is 4.05. The number of nitrogens with one attached hydrogen (secondary N) is 2. The standard InChI is InChI=1S/C15H16ClN3O2S/c1-3-11-7-13(20)19-15(17-11)22-8-14(21)18-12-5-4-10(16)6-9(12)2/h4-7H,3,8H2,1-2H3,(H,18,21)(H,17,19,20). The predicted molar refractivity (Wildman–Crippen MR) is 89.8 cm³/mol. The number of halogens is 1. The minimum absolute atomic E-state index is 0.165. The quantitative estimate of drug-likeness (QED) is 0.649. The largest absolute Gasteiger partial charge is 0.325 e. The number of carbonyl (C=O) groups is 1. The SMILES string of the molecule is CCc1cc(=O)[nH]c(SCC(=O)Nc2ccc(Cl)cc2C)n1. The fourth-order valence-electron chi connectivity index (χ4n) is 1.82. The maximum atomic E-state index is 12.0. The smallest absolute Gasteiger partial charge is 0.251 e. The van der Waals surface area contributed by atoms with Gasteiger partial charge in [0.05, 0.1) is 5.75 Å². The number of hydrogen-bond donors (Lipinski definition) is 2. The molecular weight excluding hydrogens is 322 g/mol. The second-order valence-corrected chi connectivity index (χ2v) is 6.09. The fourth-order valence-corrected chi connectivity index (χ4v) is 2.74. The summed E-state index contributed by atoms with van der Waals surface area (Å²) < 4.78 is 0. The van der Waals surface area contributed by atoms with Crippen LogP contribution in [0.5, 0.6) is 0 Å². The van der Waals surface area contributed by atoms with Gasteiger partial charge in [-0.2, -0.15) is 0 Å². The number of anilines is 1. The van der Waals surface area contributed by atoms with Gasteiger partial charge in [-0.1, -0.05) is 30.3 Å². The minimum atomic E-state index is -0.205. The Hall–Kier alpha value is -1.79. The van der Waals surface area contributed by atoms with E-state index in [0.717, 1.165) is 11.3 Å². The summed E-state index contributed by atoms with van der Waals surface area (Å²) in [5.41, 5.74) is 2.12. The normalized spacial score (nSPS) is 10.5. The van der Waals surface area contributed by atoms with Gasteiger partial charge in [0, 0.05) is 22.5 Å². The Balaban J connectivity index is 1.98. The molecule has 7 heteroatoms. The summed E-state index contributed by atoms with van der Waals surface area (Å²) >= 11 is 7.07. The summed E-state index contributed by atoms with van der Waals surface area (Å²) in [6.45, 7) is 3.80. The lowest BCUT2D eigenvalue weighted by atomic mass is 10.2. The Morgan fingerprint density at radius 3 is 2.86 bits per heavy atom. The van der Waals surface area contributed by atoms with Crippen molar-refractivity contribution >= 4 is 35.0 Å². The summed E-state index contributed by atoms with van der Waals surface area (Å²) in [5.74, 6) is -0.00184. The molecule has 0 aliphatic carbocycles. The lowest BCUT2D eigenvalue weighted by Crippen LogP contribution is -2.16. The van der Waals surface area contributed by atoms with Crippen LogP contribution >= 0.6 is 23.4 Å². The molecule has 0 fully saturated rings. The van der Waals surface area contributed by atoms with Gasteiger partial charge >= 0.3 is 0 Å². The third-order valence-electron chi connectivity index (χ3n) is 2.94. The van der Waals surface area contributed by atoms with Crippen molar-refractivity contribution in [1.29, 1.82) is 0 Å². The maximum absolute atomic E-state index is 12.0. The fraction of sp³-hybridized carbons (Fsp3) is 0.267. The number of hydrogen-bond acceptors (Lipinski definition) is 4. The van der Waals surface area contributed by atoms with Gasteiger partial charge in [-0.25, -0.2) is 4.98 Å². The van der Waals surface area contributed by atoms with Crippen LogP contribution in [0.1, 0.15) is 18.2 Å². The van der Waals surface area contributed by atoms with Crippen LogP contribution in [0.4, 0.5) is 5.69 Å². The highest BCUT2D eigenvalue weighted by atomic mass is 35.5. The molecule has 22 heavy (non-hydrogen) atoms. The van der Waals surface area contributed by atoms with E-state index in [1.807, 2.05) is 13.8 Å². The Labute approximate surface area is 137 Å². The summed E-state index contributed by atoms with van der Waals surface area (Å²) in [5, 5.41) is 3.89. The lowest BCUT2D eigenvalue weighted by Gasteiger charge is -2.08. The molecule has 0 spiro atoms. The van der Waals surface area contributed by atoms with Crippen molar-refractivity contribution in [3.8, 4) is 0 Å². The van der Waals surface area contributed by atoms with E-state index < -0.39 is 0 Å². The molecule has 2 aromatic rings. The number of amides is 1. The average Bonchev–Trinajstić information content (AvgIpc) is 2.47. The molecule has 0 radical (unpaired) electrons. The van der Waals surface area contributed by atoms with Crippen LogP contribution < -0.4 is 10.9 Å². The van der Waals surface area contributed by atoms with Gasteiger partial charge in [0.2, 0.25) is 5.91 Å². The van der Waals surface area contributed by atoms with Crippen LogP contribution in [0.2, 0.25) is 5.02 Å². The Kier molecular flexibility index (Phi) is 5.63. The number of aromatic nitrogens is 2.